The molecule has 0 aliphatic heterocycles. The van der Waals surface area contributed by atoms with Crippen molar-refractivity contribution in [1.82, 2.24) is 15.4 Å². The maximum absolute atomic E-state index is 14.6. The molecule has 13 heteroatoms. The number of nitrogens with one attached hydrogen (secondary N) is 2. The summed E-state index contributed by atoms with van der Waals surface area (Å²) in [6.45, 7) is 3.48. The lowest BCUT2D eigenvalue weighted by molar-refractivity contribution is -0.138. The van der Waals surface area contributed by atoms with Crippen LogP contribution in [0.4, 0.5) is 27.6 Å². The van der Waals surface area contributed by atoms with Gasteiger partial charge in [-0.05, 0) is 36.4 Å². The van der Waals surface area contributed by atoms with E-state index in [1.165, 1.54) is 6.21 Å². The molecule has 0 radical (unpaired) electrons. The van der Waals surface area contributed by atoms with Crippen LogP contribution in [0, 0.1) is 18.6 Å². The van der Waals surface area contributed by atoms with Gasteiger partial charge in [-0.2, -0.15) is 18.3 Å². The molecule has 3 aromatic rings. The average molecular weight is 523 g/mol. The molecule has 0 spiro atoms. The molecule has 2 N–H and O–H groups in total. The Morgan fingerprint density at radius 3 is 2.47 bits per heavy atom. The molecule has 1 aromatic carbocycles. The summed E-state index contributed by atoms with van der Waals surface area (Å²) in [4.78, 5) is 32.9. The summed E-state index contributed by atoms with van der Waals surface area (Å²) in [6.07, 6.45) is -1.45. The molecule has 7 nitrogen and oxygen atoms in total. The molecular formula is C23H18F5N5O2S. The summed E-state index contributed by atoms with van der Waals surface area (Å²) in [5.41, 5.74) is 0.591. The van der Waals surface area contributed by atoms with Gasteiger partial charge in [0.2, 0.25) is 0 Å². The molecule has 0 saturated heterocycles. The first-order valence-corrected chi connectivity index (χ1v) is 11.2. The third kappa shape index (κ3) is 6.62. The highest BCUT2D eigenvalue weighted by Crippen LogP contribution is 2.33. The van der Waals surface area contributed by atoms with Crippen LogP contribution in [0.2, 0.25) is 0 Å². The van der Waals surface area contributed by atoms with Crippen molar-refractivity contribution < 1.29 is 31.5 Å². The van der Waals surface area contributed by atoms with E-state index in [9.17, 15) is 31.5 Å². The fourth-order valence-corrected chi connectivity index (χ4v) is 3.66. The number of carbonyl (C=O) groups is 2. The maximum Gasteiger partial charge on any atom is 0.417 e. The number of pyridine rings is 2. The number of amides is 2. The lowest BCUT2D eigenvalue weighted by atomic mass is 10.1. The van der Waals surface area contributed by atoms with Crippen molar-refractivity contribution in [3.05, 3.63) is 82.4 Å². The van der Waals surface area contributed by atoms with Crippen LogP contribution in [0.15, 0.2) is 52.7 Å². The molecule has 0 bridgehead atoms. The first kappa shape index (κ1) is 26.7. The number of halogens is 5. The maximum atomic E-state index is 14.6. The molecule has 2 aromatic heterocycles. The number of carbonyl (C=O) groups excluding carboxylic acids is 2. The van der Waals surface area contributed by atoms with Gasteiger partial charge in [0.15, 0.2) is 0 Å². The van der Waals surface area contributed by atoms with Crippen molar-refractivity contribution in [2.45, 2.75) is 24.9 Å². The highest BCUT2D eigenvalue weighted by Gasteiger charge is 2.32. The SMILES string of the molecule is CCSc1cc(C(F)(F)F)cnc1C(=O)Nc1c(F)cc(F)cc1C(=O)NN=Cc1ccc(C)cn1. The summed E-state index contributed by atoms with van der Waals surface area (Å²) in [6, 6.07) is 5.25. The van der Waals surface area contributed by atoms with Crippen LogP contribution in [0.25, 0.3) is 0 Å². The first-order valence-electron chi connectivity index (χ1n) is 10.3. The number of hydrazone groups is 1. The molecule has 2 heterocycles. The number of aryl methyl sites for hydroxylation is 1. The molecular weight excluding hydrogens is 505 g/mol. The second-order valence-corrected chi connectivity index (χ2v) is 8.53. The van der Waals surface area contributed by atoms with E-state index >= 15 is 0 Å². The van der Waals surface area contributed by atoms with Crippen LogP contribution in [0.1, 0.15) is 44.6 Å². The second kappa shape index (κ2) is 11.2. The van der Waals surface area contributed by atoms with E-state index in [-0.39, 0.29) is 4.90 Å². The Balaban J connectivity index is 1.88. The van der Waals surface area contributed by atoms with Crippen molar-refractivity contribution >= 4 is 35.5 Å². The van der Waals surface area contributed by atoms with Crippen molar-refractivity contribution in [3.63, 3.8) is 0 Å². The van der Waals surface area contributed by atoms with Gasteiger partial charge in [-0.1, -0.05) is 13.0 Å². The molecule has 2 amide bonds. The van der Waals surface area contributed by atoms with E-state index in [2.05, 4.69) is 25.8 Å². The van der Waals surface area contributed by atoms with Gasteiger partial charge in [-0.25, -0.2) is 19.2 Å². The van der Waals surface area contributed by atoms with Crippen LogP contribution < -0.4 is 10.7 Å². The molecule has 0 aliphatic carbocycles. The smallest absolute Gasteiger partial charge is 0.317 e. The molecule has 0 atom stereocenters. The average Bonchev–Trinajstić information content (AvgIpc) is 2.81. The van der Waals surface area contributed by atoms with Crippen molar-refractivity contribution in [1.29, 1.82) is 0 Å². The quantitative estimate of drug-likeness (QED) is 0.192. The van der Waals surface area contributed by atoms with Crippen LogP contribution in [0.5, 0.6) is 0 Å². The van der Waals surface area contributed by atoms with Gasteiger partial charge in [0.25, 0.3) is 11.8 Å². The van der Waals surface area contributed by atoms with Crippen LogP contribution in [0.3, 0.4) is 0 Å². The molecule has 3 rings (SSSR count). The zero-order valence-corrected chi connectivity index (χ0v) is 19.6. The van der Waals surface area contributed by atoms with Gasteiger partial charge in [0.1, 0.15) is 17.3 Å². The number of rotatable bonds is 7. The van der Waals surface area contributed by atoms with Gasteiger partial charge in [-0.15, -0.1) is 11.8 Å². The highest BCUT2D eigenvalue weighted by molar-refractivity contribution is 7.99. The highest BCUT2D eigenvalue weighted by atomic mass is 32.2. The summed E-state index contributed by atoms with van der Waals surface area (Å²) >= 11 is 0.917. The molecule has 0 fully saturated rings. The fourth-order valence-electron chi connectivity index (χ4n) is 2.86. The minimum atomic E-state index is -4.69. The topological polar surface area (TPSA) is 96.3 Å². The third-order valence-corrected chi connectivity index (χ3v) is 5.44. The van der Waals surface area contributed by atoms with E-state index in [0.29, 0.717) is 29.8 Å². The Kier molecular flexibility index (Phi) is 8.35. The zero-order chi connectivity index (χ0) is 26.5. The standard InChI is InChI=1S/C23H18F5N5O2S/c1-3-36-18-6-13(23(26,27)28)10-30-20(18)22(35)32-19-16(7-14(24)8-17(19)25)21(34)33-31-11-15-5-4-12(2)9-29-15/h4-11H,3H2,1-2H3,(H,32,35)(H,33,34). The van der Waals surface area contributed by atoms with Gasteiger partial charge in [-0.3, -0.25) is 14.6 Å². The Hall–Kier alpha value is -3.87. The van der Waals surface area contributed by atoms with E-state index in [4.69, 9.17) is 0 Å². The normalized spacial score (nSPS) is 11.5. The number of hydrogen-bond acceptors (Lipinski definition) is 6. The number of anilines is 1. The number of alkyl halides is 3. The summed E-state index contributed by atoms with van der Waals surface area (Å²) in [7, 11) is 0. The van der Waals surface area contributed by atoms with Crippen molar-refractivity contribution in [3.8, 4) is 0 Å². The summed E-state index contributed by atoms with van der Waals surface area (Å²) in [5.74, 6) is -4.22. The van der Waals surface area contributed by atoms with Crippen LogP contribution in [-0.4, -0.2) is 33.7 Å². The van der Waals surface area contributed by atoms with Crippen LogP contribution >= 0.6 is 11.8 Å². The van der Waals surface area contributed by atoms with E-state index < -0.39 is 52.1 Å². The summed E-state index contributed by atoms with van der Waals surface area (Å²) < 4.78 is 67.6. The minimum Gasteiger partial charge on any atom is -0.317 e. The van der Waals surface area contributed by atoms with E-state index in [0.717, 1.165) is 23.4 Å². The lowest BCUT2D eigenvalue weighted by Crippen LogP contribution is -2.23. The molecule has 188 valence electrons. The predicted molar refractivity (Wildman–Crippen MR) is 124 cm³/mol. The Bertz CT molecular complexity index is 1310. The van der Waals surface area contributed by atoms with Gasteiger partial charge in [0.05, 0.1) is 28.7 Å². The van der Waals surface area contributed by atoms with Crippen molar-refractivity contribution in [2.75, 3.05) is 11.1 Å². The van der Waals surface area contributed by atoms with Gasteiger partial charge >= 0.3 is 6.18 Å². The first-order chi connectivity index (χ1) is 17.0. The van der Waals surface area contributed by atoms with E-state index in [1.54, 1.807) is 25.3 Å². The van der Waals surface area contributed by atoms with Crippen LogP contribution in [-0.2, 0) is 6.18 Å². The Labute approximate surface area is 206 Å². The van der Waals surface area contributed by atoms with Gasteiger partial charge in [0, 0.05) is 23.4 Å². The number of nitrogens with zero attached hydrogens (tertiary/aromatic N) is 3. The van der Waals surface area contributed by atoms with Gasteiger partial charge < -0.3 is 5.32 Å². The molecule has 0 unspecified atom stereocenters. The molecule has 0 saturated carbocycles. The predicted octanol–water partition coefficient (Wildman–Crippen LogP) is 5.21. The Morgan fingerprint density at radius 2 is 1.83 bits per heavy atom. The fraction of sp³-hybridized carbons (Fsp3) is 0.174. The molecule has 0 aliphatic rings. The summed E-state index contributed by atoms with van der Waals surface area (Å²) in [5, 5.41) is 5.80. The zero-order valence-electron chi connectivity index (χ0n) is 18.8. The number of thioether (sulfide) groups is 1. The van der Waals surface area contributed by atoms with E-state index in [1.807, 2.05) is 6.92 Å². The number of aromatic nitrogens is 2. The monoisotopic (exact) mass is 523 g/mol. The number of benzene rings is 1. The largest absolute Gasteiger partial charge is 0.417 e. The van der Waals surface area contributed by atoms with Crippen molar-refractivity contribution in [2.24, 2.45) is 5.10 Å². The molecule has 36 heavy (non-hydrogen) atoms. The number of hydrogen-bond donors (Lipinski definition) is 2. The Morgan fingerprint density at radius 1 is 1.08 bits per heavy atom. The lowest BCUT2D eigenvalue weighted by Gasteiger charge is -2.14. The minimum absolute atomic E-state index is 0.103. The third-order valence-electron chi connectivity index (χ3n) is 4.53. The second-order valence-electron chi connectivity index (χ2n) is 7.23.